The van der Waals surface area contributed by atoms with Crippen molar-refractivity contribution in [1.29, 1.82) is 0 Å². The Morgan fingerprint density at radius 2 is 1.73 bits per heavy atom. The molecule has 2 N–H and O–H groups in total. The topological polar surface area (TPSA) is 92.8 Å². The molecular formula is C22H28N4O4. The van der Waals surface area contributed by atoms with Crippen molar-refractivity contribution < 1.29 is 19.1 Å². The fraction of sp³-hybridized carbons (Fsp3) is 0.409. The van der Waals surface area contributed by atoms with Gasteiger partial charge < -0.3 is 20.1 Å². The molecular weight excluding hydrogens is 384 g/mol. The first-order chi connectivity index (χ1) is 14.6. The van der Waals surface area contributed by atoms with Crippen LogP contribution in [0.4, 0.5) is 5.69 Å². The van der Waals surface area contributed by atoms with Crippen LogP contribution in [0.1, 0.15) is 18.4 Å². The van der Waals surface area contributed by atoms with E-state index < -0.39 is 11.8 Å². The Balaban J connectivity index is 1.41. The van der Waals surface area contributed by atoms with Gasteiger partial charge in [0.25, 0.3) is 0 Å². The van der Waals surface area contributed by atoms with Gasteiger partial charge >= 0.3 is 11.8 Å². The van der Waals surface area contributed by atoms with E-state index >= 15 is 0 Å². The zero-order valence-electron chi connectivity index (χ0n) is 17.4. The highest BCUT2D eigenvalue weighted by molar-refractivity contribution is 6.39. The summed E-state index contributed by atoms with van der Waals surface area (Å²) in [5.74, 6) is 0.0716. The smallest absolute Gasteiger partial charge is 0.313 e. The number of amides is 2. The number of carbonyl (C=O) groups excluding carboxylic acids is 2. The van der Waals surface area contributed by atoms with E-state index in [2.05, 4.69) is 20.5 Å². The molecule has 0 atom stereocenters. The molecule has 2 heterocycles. The lowest BCUT2D eigenvalue weighted by atomic mass is 9.96. The predicted molar refractivity (Wildman–Crippen MR) is 113 cm³/mol. The third kappa shape index (κ3) is 5.93. The normalized spacial score (nSPS) is 14.7. The first kappa shape index (κ1) is 21.6. The molecule has 30 heavy (non-hydrogen) atoms. The van der Waals surface area contributed by atoms with Gasteiger partial charge in [-0.1, -0.05) is 0 Å². The highest BCUT2D eigenvalue weighted by atomic mass is 16.5. The summed E-state index contributed by atoms with van der Waals surface area (Å²) in [6.07, 6.45) is 5.60. The zero-order valence-corrected chi connectivity index (χ0v) is 17.4. The number of pyridine rings is 1. The largest absolute Gasteiger partial charge is 0.493 e. The van der Waals surface area contributed by atoms with Gasteiger partial charge in [-0.15, -0.1) is 0 Å². The highest BCUT2D eigenvalue weighted by Crippen LogP contribution is 2.29. The number of hydrogen-bond acceptors (Lipinski definition) is 6. The minimum Gasteiger partial charge on any atom is -0.493 e. The maximum atomic E-state index is 12.2. The van der Waals surface area contributed by atoms with E-state index in [1.807, 2.05) is 24.5 Å². The average molecular weight is 412 g/mol. The second-order valence-electron chi connectivity index (χ2n) is 7.31. The highest BCUT2D eigenvalue weighted by Gasteiger charge is 2.21. The van der Waals surface area contributed by atoms with Crippen LogP contribution in [0.25, 0.3) is 0 Å². The van der Waals surface area contributed by atoms with Crippen LogP contribution < -0.4 is 20.1 Å². The number of piperidine rings is 1. The molecule has 1 aliphatic heterocycles. The lowest BCUT2D eigenvalue weighted by Gasteiger charge is -2.32. The summed E-state index contributed by atoms with van der Waals surface area (Å²) in [7, 11) is 3.05. The lowest BCUT2D eigenvalue weighted by Crippen LogP contribution is -2.41. The lowest BCUT2D eigenvalue weighted by molar-refractivity contribution is -0.136. The third-order valence-electron chi connectivity index (χ3n) is 5.26. The molecule has 2 amide bonds. The van der Waals surface area contributed by atoms with Crippen molar-refractivity contribution in [2.24, 2.45) is 5.92 Å². The number of rotatable bonds is 7. The van der Waals surface area contributed by atoms with Gasteiger partial charge in [-0.05, 0) is 61.7 Å². The van der Waals surface area contributed by atoms with Gasteiger partial charge in [0.2, 0.25) is 0 Å². The van der Waals surface area contributed by atoms with Crippen molar-refractivity contribution in [3.63, 3.8) is 0 Å². The van der Waals surface area contributed by atoms with Gasteiger partial charge in [-0.2, -0.15) is 0 Å². The van der Waals surface area contributed by atoms with E-state index in [1.54, 1.807) is 18.2 Å². The van der Waals surface area contributed by atoms with Crippen LogP contribution in [-0.4, -0.2) is 55.6 Å². The Hall–Kier alpha value is -3.13. The van der Waals surface area contributed by atoms with Crippen molar-refractivity contribution in [3.05, 3.63) is 48.3 Å². The first-order valence-electron chi connectivity index (χ1n) is 10.0. The third-order valence-corrected chi connectivity index (χ3v) is 5.26. The van der Waals surface area contributed by atoms with Crippen LogP contribution in [0.2, 0.25) is 0 Å². The Morgan fingerprint density at radius 1 is 1.03 bits per heavy atom. The monoisotopic (exact) mass is 412 g/mol. The van der Waals surface area contributed by atoms with Gasteiger partial charge in [-0.3, -0.25) is 19.5 Å². The summed E-state index contributed by atoms with van der Waals surface area (Å²) in [4.78, 5) is 30.8. The maximum Gasteiger partial charge on any atom is 0.313 e. The minimum absolute atomic E-state index is 0.372. The van der Waals surface area contributed by atoms with Crippen LogP contribution in [0.5, 0.6) is 11.5 Å². The number of likely N-dealkylation sites (tertiary alicyclic amines) is 1. The molecule has 0 saturated carbocycles. The fourth-order valence-electron chi connectivity index (χ4n) is 3.51. The van der Waals surface area contributed by atoms with Crippen molar-refractivity contribution in [2.45, 2.75) is 19.4 Å². The molecule has 1 saturated heterocycles. The number of carbonyl (C=O) groups is 2. The Kier molecular flexibility index (Phi) is 7.62. The Labute approximate surface area is 176 Å². The van der Waals surface area contributed by atoms with Crippen LogP contribution >= 0.6 is 0 Å². The molecule has 1 aliphatic rings. The second kappa shape index (κ2) is 10.6. The number of anilines is 1. The zero-order chi connectivity index (χ0) is 21.3. The summed E-state index contributed by atoms with van der Waals surface area (Å²) in [6.45, 7) is 3.36. The molecule has 2 aromatic rings. The van der Waals surface area contributed by atoms with Crippen LogP contribution in [0.15, 0.2) is 42.7 Å². The summed E-state index contributed by atoms with van der Waals surface area (Å²) in [5, 5.41) is 5.34. The standard InChI is InChI=1S/C22H28N4O4/c1-29-19-4-3-18(13-20(19)30-2)25-22(28)21(27)24-14-16-7-11-26(12-8-16)15-17-5-9-23-10-6-17/h3-6,9-10,13,16H,7-8,11-12,14-15H2,1-2H3,(H,24,27)(H,25,28). The van der Waals surface area contributed by atoms with Crippen molar-refractivity contribution in [3.8, 4) is 11.5 Å². The fourth-order valence-corrected chi connectivity index (χ4v) is 3.51. The number of benzene rings is 1. The molecule has 8 nitrogen and oxygen atoms in total. The molecule has 0 unspecified atom stereocenters. The van der Waals surface area contributed by atoms with Gasteiger partial charge in [0.1, 0.15) is 0 Å². The number of aromatic nitrogens is 1. The number of nitrogens with zero attached hydrogens (tertiary/aromatic N) is 2. The first-order valence-corrected chi connectivity index (χ1v) is 10.0. The minimum atomic E-state index is -0.697. The van der Waals surface area contributed by atoms with Crippen LogP contribution in [0, 0.1) is 5.92 Å². The van der Waals surface area contributed by atoms with E-state index in [-0.39, 0.29) is 0 Å². The average Bonchev–Trinajstić information content (AvgIpc) is 2.79. The second-order valence-corrected chi connectivity index (χ2v) is 7.31. The number of hydrogen-bond donors (Lipinski definition) is 2. The Bertz CT molecular complexity index is 851. The quantitative estimate of drug-likeness (QED) is 0.677. The van der Waals surface area contributed by atoms with E-state index in [4.69, 9.17) is 9.47 Å². The van der Waals surface area contributed by atoms with Crippen LogP contribution in [0.3, 0.4) is 0 Å². The summed E-state index contributed by atoms with van der Waals surface area (Å²) >= 11 is 0. The van der Waals surface area contributed by atoms with E-state index in [0.717, 1.165) is 32.5 Å². The van der Waals surface area contributed by atoms with E-state index in [9.17, 15) is 9.59 Å². The number of methoxy groups -OCH3 is 2. The Morgan fingerprint density at radius 3 is 2.40 bits per heavy atom. The van der Waals surface area contributed by atoms with Crippen molar-refractivity contribution in [1.82, 2.24) is 15.2 Å². The molecule has 1 fully saturated rings. The van der Waals surface area contributed by atoms with Gasteiger partial charge in [0.05, 0.1) is 14.2 Å². The van der Waals surface area contributed by atoms with Gasteiger partial charge in [-0.25, -0.2) is 0 Å². The molecule has 3 rings (SSSR count). The summed E-state index contributed by atoms with van der Waals surface area (Å²) in [5.41, 5.74) is 1.72. The predicted octanol–water partition coefficient (Wildman–Crippen LogP) is 2.07. The number of nitrogens with one attached hydrogen (secondary N) is 2. The van der Waals surface area contributed by atoms with Crippen LogP contribution in [-0.2, 0) is 16.1 Å². The molecule has 0 bridgehead atoms. The molecule has 0 aliphatic carbocycles. The van der Waals surface area contributed by atoms with Crippen molar-refractivity contribution >= 4 is 17.5 Å². The molecule has 0 spiro atoms. The maximum absolute atomic E-state index is 12.2. The van der Waals surface area contributed by atoms with Crippen molar-refractivity contribution in [2.75, 3.05) is 39.2 Å². The molecule has 1 aromatic carbocycles. The molecule has 8 heteroatoms. The van der Waals surface area contributed by atoms with Gasteiger partial charge in [0.15, 0.2) is 11.5 Å². The number of ether oxygens (including phenoxy) is 2. The summed E-state index contributed by atoms with van der Waals surface area (Å²) < 4.78 is 10.4. The van der Waals surface area contributed by atoms with E-state index in [0.29, 0.717) is 29.6 Å². The van der Waals surface area contributed by atoms with Gasteiger partial charge in [0, 0.05) is 37.2 Å². The summed E-state index contributed by atoms with van der Waals surface area (Å²) in [6, 6.07) is 9.01. The SMILES string of the molecule is COc1ccc(NC(=O)C(=O)NCC2CCN(Cc3ccncc3)CC2)cc1OC. The van der Waals surface area contributed by atoms with E-state index in [1.165, 1.54) is 19.8 Å². The molecule has 0 radical (unpaired) electrons. The molecule has 160 valence electrons. The molecule has 1 aromatic heterocycles.